The lowest BCUT2D eigenvalue weighted by Gasteiger charge is -2.49. The molecule has 11 heterocycles. The number of primary amides is 1. The maximum atomic E-state index is 16.6. The maximum absolute atomic E-state index is 16.6. The summed E-state index contributed by atoms with van der Waals surface area (Å²) in [5.74, 6) is -19.1. The third-order valence-electron chi connectivity index (χ3n) is 23.3. The number of amides is 10. The second-order valence-electron chi connectivity index (χ2n) is 33.2. The first-order chi connectivity index (χ1) is 63.5. The molecular formula is C85H92Cl3N16O28S2+. The van der Waals surface area contributed by atoms with Crippen LogP contribution < -0.4 is 83.8 Å². The summed E-state index contributed by atoms with van der Waals surface area (Å²) in [6, 6.07) is 0.597. The molecule has 3 fully saturated rings. The monoisotopic (exact) mass is 1950 g/mol. The number of aromatic hydroxyl groups is 3. The molecule has 0 saturated carbocycles. The molecule has 134 heavy (non-hydrogen) atoms. The predicted molar refractivity (Wildman–Crippen MR) is 470 cm³/mol. The molecular weight excluding hydrogens is 1860 g/mol. The molecule has 20 atom stereocenters. The van der Waals surface area contributed by atoms with Crippen LogP contribution in [0.3, 0.4) is 0 Å². The van der Waals surface area contributed by atoms with E-state index in [4.69, 9.17) is 80.4 Å². The Kier molecular flexibility index (Phi) is 29.2. The lowest BCUT2D eigenvalue weighted by Crippen LogP contribution is -2.71. The fourth-order valence-electron chi connectivity index (χ4n) is 16.5. The van der Waals surface area contributed by atoms with Crippen LogP contribution in [0.5, 0.6) is 46.0 Å². The van der Waals surface area contributed by atoms with Crippen LogP contribution in [0.4, 0.5) is 5.13 Å². The van der Waals surface area contributed by atoms with Gasteiger partial charge in [0.1, 0.15) is 123 Å². The van der Waals surface area contributed by atoms with E-state index in [0.717, 1.165) is 94.7 Å². The number of oxime groups is 1. The number of carboxylic acid groups (broad SMARTS) is 1. The molecule has 10 amide bonds. The number of hydrogen-bond acceptors (Lipinski definition) is 34. The molecule has 9 aliphatic heterocycles. The van der Waals surface area contributed by atoms with Crippen molar-refractivity contribution in [3.05, 3.63) is 168 Å². The number of aliphatic carboxylic acids is 1. The quantitative estimate of drug-likeness (QED) is 0.0147. The molecule has 0 radical (unpaired) electrons. The van der Waals surface area contributed by atoms with Crippen LogP contribution in [0.1, 0.15) is 116 Å². The van der Waals surface area contributed by atoms with Crippen molar-refractivity contribution in [3.8, 4) is 57.1 Å². The zero-order chi connectivity index (χ0) is 96.8. The Labute approximate surface area is 782 Å². The van der Waals surface area contributed by atoms with Gasteiger partial charge in [-0.3, -0.25) is 52.8 Å². The van der Waals surface area contributed by atoms with Crippen LogP contribution in [0, 0.1) is 5.92 Å². The number of carboxylic acids is 1. The van der Waals surface area contributed by atoms with E-state index in [1.165, 1.54) is 57.6 Å². The summed E-state index contributed by atoms with van der Waals surface area (Å²) in [6.45, 7) is 5.03. The smallest absolute Gasteiger partial charge is 0.352 e. The highest BCUT2D eigenvalue weighted by atomic mass is 35.5. The second-order valence-corrected chi connectivity index (χ2v) is 36.8. The van der Waals surface area contributed by atoms with Crippen LogP contribution in [0.2, 0.25) is 14.4 Å². The van der Waals surface area contributed by atoms with Gasteiger partial charge in [0.05, 0.1) is 41.3 Å². The van der Waals surface area contributed by atoms with Crippen molar-refractivity contribution in [1.82, 2.24) is 57.7 Å². The Morgan fingerprint density at radius 1 is 0.754 bits per heavy atom. The molecule has 7 aromatic rings. The van der Waals surface area contributed by atoms with E-state index >= 15 is 28.8 Å². The number of thioether (sulfide) groups is 1. The molecule has 3 saturated heterocycles. The number of ether oxygens (including phenoxy) is 6. The number of β-lactam (4-membered cyclic amide) rings is 1. The normalized spacial score (nSPS) is 27.3. The lowest BCUT2D eigenvalue weighted by molar-refractivity contribution is -0.689. The van der Waals surface area contributed by atoms with Crippen molar-refractivity contribution >= 4 is 134 Å². The lowest BCUT2D eigenvalue weighted by atomic mass is 9.86. The molecule has 20 unspecified atom stereocenters. The summed E-state index contributed by atoms with van der Waals surface area (Å²) >= 11 is 22.4. The molecule has 712 valence electrons. The van der Waals surface area contributed by atoms with E-state index in [2.05, 4.69) is 58.0 Å². The number of aromatic nitrogens is 2. The highest BCUT2D eigenvalue weighted by Gasteiger charge is 2.56. The highest BCUT2D eigenvalue weighted by molar-refractivity contribution is 8.00. The number of phenols is 3. The Morgan fingerprint density at radius 2 is 1.41 bits per heavy atom. The largest absolute Gasteiger partial charge is 0.508 e. The number of likely N-dealkylation sites (N-methyl/N-ethyl adjacent to an activating group) is 1. The average Bonchev–Trinajstić information content (AvgIpc) is 0.762. The Hall–Kier alpha value is -12.4. The third kappa shape index (κ3) is 20.4. The molecule has 44 nitrogen and oxygen atoms in total. The van der Waals surface area contributed by atoms with Crippen LogP contribution in [0.25, 0.3) is 11.1 Å². The van der Waals surface area contributed by atoms with E-state index in [1.807, 2.05) is 0 Å². The summed E-state index contributed by atoms with van der Waals surface area (Å²) in [6.07, 6.45) is -16.1. The zero-order valence-electron chi connectivity index (χ0n) is 71.1. The number of nitrogen functional groups attached to an aromatic ring is 1. The van der Waals surface area contributed by atoms with Gasteiger partial charge in [-0.25, -0.2) is 14.3 Å². The number of phenolic OH excluding ortho intramolecular Hbond substituents is 3. The molecule has 0 aliphatic carbocycles. The number of nitrogens with two attached hydrogens (primary N) is 3. The Morgan fingerprint density at radius 3 is 2.01 bits per heavy atom. The van der Waals surface area contributed by atoms with Gasteiger partial charge in [-0.05, 0) is 127 Å². The van der Waals surface area contributed by atoms with Gasteiger partial charge >= 0.3 is 5.97 Å². The number of pyridine rings is 1. The minimum Gasteiger partial charge on any atom is -0.508 e. The number of aliphatic hydroxyl groups is 6. The number of nitrogens with one attached hydrogen (secondary N) is 9. The average molecular weight is 1960 g/mol. The number of carbonyl (C=O) groups is 11. The number of fused-ring (bicyclic) bond motifs is 15. The molecule has 9 aliphatic rings. The minimum absolute atomic E-state index is 0.0180. The van der Waals surface area contributed by atoms with Crippen LogP contribution >= 0.6 is 57.9 Å². The fourth-order valence-corrected chi connectivity index (χ4v) is 19.2. The van der Waals surface area contributed by atoms with Gasteiger partial charge in [0.15, 0.2) is 53.7 Å². The summed E-state index contributed by atoms with van der Waals surface area (Å²) in [7, 11) is 1.46. The summed E-state index contributed by atoms with van der Waals surface area (Å²) in [5.41, 5.74) is 12.9. The fraction of sp³-hybridized carbons (Fsp3) is 0.388. The number of benzene rings is 5. The second kappa shape index (κ2) is 40.1. The Bertz CT molecular complexity index is 5920. The van der Waals surface area contributed by atoms with Gasteiger partial charge < -0.3 is 150 Å². The molecule has 16 rings (SSSR count). The molecule has 2 aromatic heterocycles. The highest BCUT2D eigenvalue weighted by Crippen LogP contribution is 2.51. The van der Waals surface area contributed by atoms with Crippen molar-refractivity contribution in [2.45, 2.75) is 181 Å². The van der Waals surface area contributed by atoms with Gasteiger partial charge in [-0.2, -0.15) is 0 Å². The van der Waals surface area contributed by atoms with Crippen molar-refractivity contribution in [1.29, 1.82) is 0 Å². The topological polar surface area (TPSA) is 684 Å². The number of thiazole rings is 1. The summed E-state index contributed by atoms with van der Waals surface area (Å²) < 4.78 is 40.2. The van der Waals surface area contributed by atoms with E-state index in [-0.39, 0.29) is 74.4 Å². The number of hydrogen-bond donors (Lipinski definition) is 23. The molecule has 49 heteroatoms. The predicted octanol–water partition coefficient (Wildman–Crippen LogP) is -0.0653. The summed E-state index contributed by atoms with van der Waals surface area (Å²) in [4.78, 5) is 167. The van der Waals surface area contributed by atoms with E-state index in [0.29, 0.717) is 5.56 Å². The molecule has 9 bridgehead atoms. The standard InChI is InChI=1S/C85H91Cl3N16O28S2/c1-30(2)16-44(92-5)72(115)98-60-64(110)33-6-10-47(42(86)17-33)128-49-19-35-20-50(68(49)132-83-69(67(113)66(112)51(28-105)130-83)131-53-25-85(4,91)70(114)31(3)127-53)129-48-11-7-34(18-43(48)87)65(111)61-79(122)97-57(41-22-38(107)23-46(108)54(41)40-21-37(106)8-9-39(40)56(76(119)99-61)96-75(118)55(35)95-73(116)45(24-52(89)109)94-78(60)121)74(117)93-26-32-12-14-103(15-13-32)27-36-29-133-81-62(80(123)104(81)63(36)82(124)125)100-77(120)59(102-126)58-71(88)134-84(90)101-58/h6-15,17-23,30-31,44-45,51,53,55-57,60-62,64-67,69-70,81,83,92,105,110-114H,16,24-29,91H2,1-5H3,(H16-,89,90,93,94,95,96,97,98,99,100,101,106,107,108,109,115,116,117,118,119,120,121,122,124,125,126)/p+1. The van der Waals surface area contributed by atoms with E-state index in [1.54, 1.807) is 18.4 Å². The summed E-state index contributed by atoms with van der Waals surface area (Å²) in [5, 5.41) is 151. The van der Waals surface area contributed by atoms with Gasteiger partial charge in [0, 0.05) is 53.6 Å². The molecule has 26 N–H and O–H groups in total. The third-order valence-corrected chi connectivity index (χ3v) is 26.3. The van der Waals surface area contributed by atoms with Gasteiger partial charge in [0.25, 0.3) is 11.8 Å². The van der Waals surface area contributed by atoms with Gasteiger partial charge in [0.2, 0.25) is 59.3 Å². The maximum Gasteiger partial charge on any atom is 0.352 e. The van der Waals surface area contributed by atoms with Crippen LogP contribution in [-0.4, -0.2) is 247 Å². The first-order valence-corrected chi connectivity index (χ1v) is 44.4. The van der Waals surface area contributed by atoms with E-state index in [9.17, 15) is 80.2 Å². The van der Waals surface area contributed by atoms with Crippen molar-refractivity contribution in [3.63, 3.8) is 0 Å². The number of halogens is 3. The van der Waals surface area contributed by atoms with Gasteiger partial charge in [-0.15, -0.1) is 11.8 Å². The number of carbonyl (C=O) groups excluding carboxylic acids is 10. The number of aliphatic hydroxyl groups excluding tert-OH is 6. The first kappa shape index (κ1) is 97.7. The molecule has 0 spiro atoms. The van der Waals surface area contributed by atoms with Crippen molar-refractivity contribution in [2.75, 3.05) is 25.1 Å². The first-order valence-electron chi connectivity index (χ1n) is 41.4. The van der Waals surface area contributed by atoms with E-state index < -0.39 is 289 Å². The van der Waals surface area contributed by atoms with Crippen molar-refractivity contribution in [2.24, 2.45) is 22.5 Å². The van der Waals surface area contributed by atoms with Gasteiger partial charge in [-0.1, -0.05) is 83.3 Å². The zero-order valence-corrected chi connectivity index (χ0v) is 75.0. The van der Waals surface area contributed by atoms with Crippen LogP contribution in [0.15, 0.2) is 120 Å². The Balaban J connectivity index is 0.872. The van der Waals surface area contributed by atoms with Crippen LogP contribution in [-0.2, 0) is 80.0 Å². The van der Waals surface area contributed by atoms with Crippen molar-refractivity contribution < 1.29 is 142 Å². The molecule has 5 aromatic carbocycles. The SMILES string of the molecule is CNC(CC(C)C)C(=O)NC1C(=O)NC(CC(N)=O)C(=O)NC2C(=O)NC3C(=O)NC(C(=O)NC(C(=O)NCc4cc[n+](CC5=C(C(=O)O)N6C(=O)C(NC(=O)/C(=N/O)c7nc(N)sc7Cl)C6SC5)cc4)c4cc(O)cc(O)c4-c4cc(O)ccc43)C(O)c3ccc(c(Cl)c3)Oc3cc2cc(c3OC2OC(CO)C(O)C(O)C2OC2CC(C)(N)C(O)C(C)O2)Oc2ccc(cc2Cl)C1O. The number of anilines is 1. The number of nitrogens with zero attached hydrogens (tertiary/aromatic N) is 4. The minimum atomic E-state index is -2.45. The number of rotatable bonds is 21.